The molecule has 2 aromatic carbocycles. The largest absolute Gasteiger partial charge is 0.487 e. The van der Waals surface area contributed by atoms with Gasteiger partial charge >= 0.3 is 6.09 Å². The van der Waals surface area contributed by atoms with Crippen molar-refractivity contribution in [1.82, 2.24) is 15.3 Å². The molecule has 1 aromatic heterocycles. The van der Waals surface area contributed by atoms with E-state index < -0.39 is 11.7 Å². The van der Waals surface area contributed by atoms with E-state index in [1.165, 1.54) is 5.56 Å². The van der Waals surface area contributed by atoms with E-state index >= 15 is 0 Å². The lowest BCUT2D eigenvalue weighted by Crippen LogP contribution is -2.32. The number of hydrogen-bond donors (Lipinski definition) is 1. The molecule has 3 aromatic rings. The molecule has 0 aliphatic rings. The van der Waals surface area contributed by atoms with Gasteiger partial charge in [-0.25, -0.2) is 14.8 Å². The molecule has 0 aliphatic carbocycles. The van der Waals surface area contributed by atoms with Crippen LogP contribution < -0.4 is 10.1 Å². The molecular formula is C28H30ClN3O3. The van der Waals surface area contributed by atoms with Gasteiger partial charge in [-0.05, 0) is 73.8 Å². The summed E-state index contributed by atoms with van der Waals surface area (Å²) in [4.78, 5) is 19.7. The van der Waals surface area contributed by atoms with Gasteiger partial charge in [0.05, 0.1) is 12.2 Å². The predicted octanol–water partition coefficient (Wildman–Crippen LogP) is 5.91. The highest BCUT2D eigenvalue weighted by Crippen LogP contribution is 2.32. The molecule has 0 fully saturated rings. The van der Waals surface area contributed by atoms with Crippen molar-refractivity contribution in [2.45, 2.75) is 52.2 Å². The molecule has 1 heterocycles. The van der Waals surface area contributed by atoms with Crippen LogP contribution in [0.5, 0.6) is 5.75 Å². The Hall–Kier alpha value is -3.56. The van der Waals surface area contributed by atoms with Crippen LogP contribution in [0.15, 0.2) is 60.8 Å². The monoisotopic (exact) mass is 491 g/mol. The Morgan fingerprint density at radius 3 is 2.20 bits per heavy atom. The van der Waals surface area contributed by atoms with Crippen molar-refractivity contribution in [2.24, 2.45) is 0 Å². The molecule has 7 heteroatoms. The highest BCUT2D eigenvalue weighted by molar-refractivity contribution is 6.28. The Morgan fingerprint density at radius 2 is 1.60 bits per heavy atom. The third-order valence-electron chi connectivity index (χ3n) is 5.21. The molecule has 0 spiro atoms. The number of rotatable bonds is 6. The van der Waals surface area contributed by atoms with Gasteiger partial charge in [-0.3, -0.25) is 0 Å². The second kappa shape index (κ2) is 11.2. The van der Waals surface area contributed by atoms with Gasteiger partial charge in [0.2, 0.25) is 5.28 Å². The number of carbonyl (C=O) groups excluding carboxylic acids is 1. The summed E-state index contributed by atoms with van der Waals surface area (Å²) in [5, 5.41) is 2.84. The zero-order valence-corrected chi connectivity index (χ0v) is 21.4. The van der Waals surface area contributed by atoms with E-state index in [4.69, 9.17) is 21.1 Å². The first-order valence-corrected chi connectivity index (χ1v) is 11.7. The zero-order valence-electron chi connectivity index (χ0n) is 20.7. The first-order valence-electron chi connectivity index (χ1n) is 11.3. The minimum atomic E-state index is -0.528. The van der Waals surface area contributed by atoms with Crippen molar-refractivity contribution in [2.75, 3.05) is 6.54 Å². The number of alkyl carbamates (subject to hydrolysis) is 1. The minimum Gasteiger partial charge on any atom is -0.487 e. The van der Waals surface area contributed by atoms with Crippen LogP contribution in [0, 0.1) is 11.8 Å². The van der Waals surface area contributed by atoms with Gasteiger partial charge in [0.1, 0.15) is 18.0 Å². The highest BCUT2D eigenvalue weighted by Gasteiger charge is 2.23. The average Bonchev–Trinajstić information content (AvgIpc) is 2.80. The molecule has 1 N–H and O–H groups in total. The number of amides is 1. The van der Waals surface area contributed by atoms with Crippen molar-refractivity contribution >= 4 is 17.7 Å². The molecule has 1 amide bonds. The van der Waals surface area contributed by atoms with Gasteiger partial charge in [-0.1, -0.05) is 50.0 Å². The van der Waals surface area contributed by atoms with Crippen molar-refractivity contribution in [3.63, 3.8) is 0 Å². The summed E-state index contributed by atoms with van der Waals surface area (Å²) >= 11 is 5.82. The molecular weight excluding hydrogens is 462 g/mol. The number of nitrogens with one attached hydrogen (secondary N) is 1. The van der Waals surface area contributed by atoms with Crippen molar-refractivity contribution in [3.8, 4) is 17.6 Å². The molecule has 0 unspecified atom stereocenters. The Kier molecular flexibility index (Phi) is 8.37. The van der Waals surface area contributed by atoms with Gasteiger partial charge in [0, 0.05) is 17.2 Å². The van der Waals surface area contributed by atoms with Crippen molar-refractivity contribution in [1.29, 1.82) is 0 Å². The average molecular weight is 492 g/mol. The van der Waals surface area contributed by atoms with Crippen LogP contribution >= 0.6 is 11.6 Å². The van der Waals surface area contributed by atoms with E-state index in [1.54, 1.807) is 12.3 Å². The number of benzene rings is 2. The maximum absolute atomic E-state index is 11.7. The predicted molar refractivity (Wildman–Crippen MR) is 138 cm³/mol. The van der Waals surface area contributed by atoms with E-state index in [9.17, 15) is 4.79 Å². The fourth-order valence-electron chi connectivity index (χ4n) is 3.29. The van der Waals surface area contributed by atoms with E-state index in [0.717, 1.165) is 22.6 Å². The molecule has 0 bridgehead atoms. The van der Waals surface area contributed by atoms with Crippen LogP contribution in [0.1, 0.15) is 57.0 Å². The van der Waals surface area contributed by atoms with Crippen molar-refractivity contribution in [3.05, 3.63) is 88.5 Å². The van der Waals surface area contributed by atoms with E-state index in [1.807, 2.05) is 45.0 Å². The SMILES string of the molecule is CC(C)(C)OC(=O)NCC#Cc1ccc(C(C)(C)c2ccc(OCc3ccnc(Cl)n3)cc2)cc1. The van der Waals surface area contributed by atoms with E-state index in [0.29, 0.717) is 6.61 Å². The molecule has 0 radical (unpaired) electrons. The third-order valence-corrected chi connectivity index (χ3v) is 5.39. The molecule has 35 heavy (non-hydrogen) atoms. The summed E-state index contributed by atoms with van der Waals surface area (Å²) in [6.07, 6.45) is 1.14. The standard InChI is InChI=1S/C28H30ClN3O3/c1-27(2,3)35-26(33)31-17-6-7-20-8-10-21(11-9-20)28(4,5)22-12-14-24(15-13-22)34-19-23-16-18-30-25(29)32-23/h8-16,18H,17,19H2,1-5H3,(H,31,33). The lowest BCUT2D eigenvalue weighted by atomic mass is 9.78. The highest BCUT2D eigenvalue weighted by atomic mass is 35.5. The summed E-state index contributed by atoms with van der Waals surface area (Å²) in [5.41, 5.74) is 3.19. The number of hydrogen-bond acceptors (Lipinski definition) is 5. The normalized spacial score (nSPS) is 11.3. The van der Waals surface area contributed by atoms with Crippen LogP contribution in [0.4, 0.5) is 4.79 Å². The number of halogens is 1. The zero-order chi connectivity index (χ0) is 25.5. The Labute approximate surface area is 212 Å². The second-order valence-corrected chi connectivity index (χ2v) is 9.83. The quantitative estimate of drug-likeness (QED) is 0.342. The Morgan fingerprint density at radius 1 is 0.971 bits per heavy atom. The van der Waals surface area contributed by atoms with Crippen LogP contribution in [0.2, 0.25) is 5.28 Å². The van der Waals surface area contributed by atoms with Crippen LogP contribution in [-0.4, -0.2) is 28.2 Å². The van der Waals surface area contributed by atoms with Gasteiger partial charge < -0.3 is 14.8 Å². The van der Waals surface area contributed by atoms with Crippen LogP contribution in [0.3, 0.4) is 0 Å². The maximum atomic E-state index is 11.7. The fourth-order valence-corrected chi connectivity index (χ4v) is 3.45. The van der Waals surface area contributed by atoms with Crippen LogP contribution in [0.25, 0.3) is 0 Å². The summed E-state index contributed by atoms with van der Waals surface area (Å²) < 4.78 is 11.0. The van der Waals surface area contributed by atoms with Crippen LogP contribution in [-0.2, 0) is 16.8 Å². The molecule has 0 saturated carbocycles. The Balaban J connectivity index is 1.58. The lowest BCUT2D eigenvalue weighted by Gasteiger charge is -2.26. The summed E-state index contributed by atoms with van der Waals surface area (Å²) in [7, 11) is 0. The number of nitrogens with zero attached hydrogens (tertiary/aromatic N) is 2. The molecule has 6 nitrogen and oxygen atoms in total. The molecule has 0 saturated heterocycles. The summed E-state index contributed by atoms with van der Waals surface area (Å²) in [6.45, 7) is 10.4. The first kappa shape index (κ1) is 26.1. The number of ether oxygens (including phenoxy) is 2. The fraction of sp³-hybridized carbons (Fsp3) is 0.321. The number of aromatic nitrogens is 2. The molecule has 182 valence electrons. The van der Waals surface area contributed by atoms with Gasteiger partial charge in [-0.2, -0.15) is 0 Å². The minimum absolute atomic E-state index is 0.205. The molecule has 3 rings (SSSR count). The second-order valence-electron chi connectivity index (χ2n) is 9.49. The molecule has 0 atom stereocenters. The summed E-state index contributed by atoms with van der Waals surface area (Å²) in [6, 6.07) is 18.0. The van der Waals surface area contributed by atoms with Gasteiger partial charge in [0.15, 0.2) is 0 Å². The number of carbonyl (C=O) groups is 1. The van der Waals surface area contributed by atoms with Gasteiger partial charge in [0.25, 0.3) is 0 Å². The van der Waals surface area contributed by atoms with Crippen molar-refractivity contribution < 1.29 is 14.3 Å². The van der Waals surface area contributed by atoms with E-state index in [-0.39, 0.29) is 17.2 Å². The first-order chi connectivity index (χ1) is 16.5. The maximum Gasteiger partial charge on any atom is 0.408 e. The topological polar surface area (TPSA) is 73.3 Å². The smallest absolute Gasteiger partial charge is 0.408 e. The molecule has 0 aliphatic heterocycles. The summed E-state index contributed by atoms with van der Waals surface area (Å²) in [5.74, 6) is 6.77. The third kappa shape index (κ3) is 8.01. The van der Waals surface area contributed by atoms with Gasteiger partial charge in [-0.15, -0.1) is 0 Å². The Bertz CT molecular complexity index is 1210. The van der Waals surface area contributed by atoms with E-state index in [2.05, 4.69) is 65.2 Å². The lowest BCUT2D eigenvalue weighted by molar-refractivity contribution is 0.0535.